The average Bonchev–Trinajstić information content (AvgIpc) is 3.58. The second-order valence-corrected chi connectivity index (χ2v) is 12.0. The third-order valence-electron chi connectivity index (χ3n) is 9.66. The van der Waals surface area contributed by atoms with Crippen LogP contribution in [0.4, 0.5) is 11.4 Å². The van der Waals surface area contributed by atoms with Gasteiger partial charge in [0.25, 0.3) is 0 Å². The zero-order chi connectivity index (χ0) is 30.8. The molecule has 8 heteroatoms. The molecule has 4 aromatic carbocycles. The Labute approximate surface area is 260 Å². The van der Waals surface area contributed by atoms with Gasteiger partial charge in [0.1, 0.15) is 11.5 Å². The number of hydrogen-bond donors (Lipinski definition) is 0. The lowest BCUT2D eigenvalue weighted by Gasteiger charge is -2.45. The van der Waals surface area contributed by atoms with E-state index in [1.807, 2.05) is 43.3 Å². The Morgan fingerprint density at radius 2 is 1.33 bits per heavy atom. The highest BCUT2D eigenvalue weighted by Gasteiger charge is 2.61. The fourth-order valence-electron chi connectivity index (χ4n) is 7.87. The van der Waals surface area contributed by atoms with E-state index in [-0.39, 0.29) is 48.3 Å². The summed E-state index contributed by atoms with van der Waals surface area (Å²) < 4.78 is 11.4. The maximum absolute atomic E-state index is 14.1. The number of imide groups is 1. The first-order valence-electron chi connectivity index (χ1n) is 15.4. The molecule has 0 N–H and O–H groups in total. The molecular weight excluding hydrogens is 568 g/mol. The number of esters is 1. The van der Waals surface area contributed by atoms with Gasteiger partial charge in [0, 0.05) is 30.9 Å². The molecule has 3 amide bonds. The van der Waals surface area contributed by atoms with Crippen LogP contribution >= 0.6 is 0 Å². The highest BCUT2D eigenvalue weighted by atomic mass is 16.5. The van der Waals surface area contributed by atoms with Crippen LogP contribution in [-0.2, 0) is 19.2 Å². The lowest BCUT2D eigenvalue weighted by molar-refractivity contribution is -0.139. The zero-order valence-electron chi connectivity index (χ0n) is 24.6. The maximum Gasteiger partial charge on any atom is 0.316 e. The Kier molecular flexibility index (Phi) is 6.34. The molecule has 0 aromatic heterocycles. The van der Waals surface area contributed by atoms with Gasteiger partial charge in [-0.05, 0) is 53.4 Å². The summed E-state index contributed by atoms with van der Waals surface area (Å²) in [5, 5.41) is 0. The van der Waals surface area contributed by atoms with Crippen LogP contribution in [0, 0.1) is 17.8 Å². The van der Waals surface area contributed by atoms with Crippen molar-refractivity contribution >= 4 is 35.1 Å². The second kappa shape index (κ2) is 10.4. The van der Waals surface area contributed by atoms with E-state index in [0.717, 1.165) is 22.3 Å². The summed E-state index contributed by atoms with van der Waals surface area (Å²) in [7, 11) is 0. The number of para-hydroxylation sites is 2. The standard InChI is InChI=1S/C37H30N2O6/c1-2-44-29-17-8-7-16-28(29)38-20-21(18-30(38)40)37(43)45-23-11-9-10-22(19-23)39-35(41)33-31-24-12-3-4-13-25(24)32(34(33)36(39)42)27-15-6-5-14-26(27)31/h3-17,19,21,31-34H,2,18,20H2,1H3/t21-,31?,32?,33-,34+/m0/s1. The van der Waals surface area contributed by atoms with E-state index in [1.165, 1.54) is 4.90 Å². The van der Waals surface area contributed by atoms with Crippen LogP contribution in [0.2, 0.25) is 0 Å². The minimum Gasteiger partial charge on any atom is -0.492 e. The first kappa shape index (κ1) is 27.3. The number of benzene rings is 4. The van der Waals surface area contributed by atoms with Gasteiger partial charge >= 0.3 is 5.97 Å². The molecule has 5 aliphatic rings. The van der Waals surface area contributed by atoms with Crippen molar-refractivity contribution in [2.75, 3.05) is 23.0 Å². The minimum absolute atomic E-state index is 0.00926. The highest BCUT2D eigenvalue weighted by Crippen LogP contribution is 2.61. The number of amides is 3. The van der Waals surface area contributed by atoms with Crippen LogP contribution in [0.15, 0.2) is 97.1 Å². The van der Waals surface area contributed by atoms with Gasteiger partial charge in [0.15, 0.2) is 0 Å². The van der Waals surface area contributed by atoms with Crippen molar-refractivity contribution in [2.45, 2.75) is 25.2 Å². The van der Waals surface area contributed by atoms with Crippen LogP contribution in [0.3, 0.4) is 0 Å². The van der Waals surface area contributed by atoms with E-state index in [1.54, 1.807) is 41.3 Å². The number of nitrogens with zero attached hydrogens (tertiary/aromatic N) is 2. The molecule has 4 aromatic rings. The smallest absolute Gasteiger partial charge is 0.316 e. The Bertz CT molecular complexity index is 1790. The Hall–Kier alpha value is -5.24. The minimum atomic E-state index is -0.679. The number of anilines is 2. The van der Waals surface area contributed by atoms with E-state index in [4.69, 9.17) is 9.47 Å². The van der Waals surface area contributed by atoms with Crippen molar-refractivity contribution in [2.24, 2.45) is 17.8 Å². The topological polar surface area (TPSA) is 93.2 Å². The van der Waals surface area contributed by atoms with Gasteiger partial charge in [-0.15, -0.1) is 0 Å². The molecule has 45 heavy (non-hydrogen) atoms. The van der Waals surface area contributed by atoms with Gasteiger partial charge in [-0.25, -0.2) is 4.90 Å². The summed E-state index contributed by atoms with van der Waals surface area (Å²) in [5.74, 6) is -2.52. The Balaban J connectivity index is 1.05. The van der Waals surface area contributed by atoms with Gasteiger partial charge in [-0.1, -0.05) is 66.7 Å². The van der Waals surface area contributed by atoms with Gasteiger partial charge in [0.2, 0.25) is 17.7 Å². The molecule has 0 saturated carbocycles. The average molecular weight is 599 g/mol. The molecule has 0 radical (unpaired) electrons. The molecule has 0 unspecified atom stereocenters. The SMILES string of the molecule is CCOc1ccccc1N1C[C@@H](C(=O)Oc2cccc(N3C(=O)[C@@H]4C5c6ccccc6C(c6ccccc65)[C@@H]4C3=O)c2)CC1=O. The van der Waals surface area contributed by atoms with Gasteiger partial charge in [-0.3, -0.25) is 19.2 Å². The maximum atomic E-state index is 14.1. The summed E-state index contributed by atoms with van der Waals surface area (Å²) in [6, 6.07) is 30.0. The Morgan fingerprint density at radius 3 is 1.93 bits per heavy atom. The third-order valence-corrected chi connectivity index (χ3v) is 9.66. The van der Waals surface area contributed by atoms with Crippen LogP contribution in [0.25, 0.3) is 0 Å². The fraction of sp³-hybridized carbons (Fsp3) is 0.243. The van der Waals surface area contributed by atoms with E-state index < -0.39 is 23.7 Å². The van der Waals surface area contributed by atoms with E-state index in [0.29, 0.717) is 23.7 Å². The molecular formula is C37H30N2O6. The number of ether oxygens (including phenoxy) is 2. The number of carbonyl (C=O) groups is 4. The highest BCUT2D eigenvalue weighted by molar-refractivity contribution is 6.23. The van der Waals surface area contributed by atoms with Crippen molar-refractivity contribution in [3.63, 3.8) is 0 Å². The largest absolute Gasteiger partial charge is 0.492 e. The Morgan fingerprint density at radius 1 is 0.756 bits per heavy atom. The molecule has 9 rings (SSSR count). The van der Waals surface area contributed by atoms with E-state index in [9.17, 15) is 19.2 Å². The molecule has 224 valence electrons. The van der Waals surface area contributed by atoms with Crippen molar-refractivity contribution < 1.29 is 28.7 Å². The van der Waals surface area contributed by atoms with E-state index in [2.05, 4.69) is 24.3 Å². The van der Waals surface area contributed by atoms with Crippen molar-refractivity contribution in [1.29, 1.82) is 0 Å². The molecule has 3 aliphatic carbocycles. The van der Waals surface area contributed by atoms with Crippen LogP contribution < -0.4 is 19.3 Å². The van der Waals surface area contributed by atoms with Crippen LogP contribution in [0.5, 0.6) is 11.5 Å². The normalized spacial score (nSPS) is 24.4. The van der Waals surface area contributed by atoms with Crippen LogP contribution in [-0.4, -0.2) is 36.8 Å². The van der Waals surface area contributed by atoms with Crippen molar-refractivity contribution in [3.05, 3.63) is 119 Å². The summed E-state index contributed by atoms with van der Waals surface area (Å²) >= 11 is 0. The fourth-order valence-corrected chi connectivity index (χ4v) is 7.87. The van der Waals surface area contributed by atoms with Gasteiger partial charge in [-0.2, -0.15) is 0 Å². The van der Waals surface area contributed by atoms with Crippen molar-refractivity contribution in [3.8, 4) is 11.5 Å². The summed E-state index contributed by atoms with van der Waals surface area (Å²) in [4.78, 5) is 57.3. The predicted molar refractivity (Wildman–Crippen MR) is 166 cm³/mol. The second-order valence-electron chi connectivity index (χ2n) is 12.0. The first-order chi connectivity index (χ1) is 22.0. The molecule has 2 aliphatic heterocycles. The molecule has 0 spiro atoms. The zero-order valence-corrected chi connectivity index (χ0v) is 24.6. The summed E-state index contributed by atoms with van der Waals surface area (Å²) in [6.07, 6.45) is 0.00926. The number of hydrogen-bond acceptors (Lipinski definition) is 6. The molecule has 2 saturated heterocycles. The quantitative estimate of drug-likeness (QED) is 0.167. The third kappa shape index (κ3) is 4.12. The monoisotopic (exact) mass is 598 g/mol. The molecule has 3 atom stereocenters. The van der Waals surface area contributed by atoms with Gasteiger partial charge in [0.05, 0.1) is 35.7 Å². The lowest BCUT2D eigenvalue weighted by Crippen LogP contribution is -2.41. The van der Waals surface area contributed by atoms with Crippen LogP contribution in [0.1, 0.15) is 47.4 Å². The summed E-state index contributed by atoms with van der Waals surface area (Å²) in [6.45, 7) is 2.49. The number of carbonyl (C=O) groups excluding carboxylic acids is 4. The predicted octanol–water partition coefficient (Wildman–Crippen LogP) is 5.44. The summed E-state index contributed by atoms with van der Waals surface area (Å²) in [5.41, 5.74) is 5.42. The molecule has 2 bridgehead atoms. The molecule has 2 heterocycles. The van der Waals surface area contributed by atoms with Crippen molar-refractivity contribution in [1.82, 2.24) is 0 Å². The number of rotatable bonds is 6. The van der Waals surface area contributed by atoms with Gasteiger partial charge < -0.3 is 14.4 Å². The van der Waals surface area contributed by atoms with E-state index >= 15 is 0 Å². The molecule has 8 nitrogen and oxygen atoms in total. The first-order valence-corrected chi connectivity index (χ1v) is 15.4. The lowest BCUT2D eigenvalue weighted by atomic mass is 9.55. The molecule has 2 fully saturated rings.